The first-order valence-electron chi connectivity index (χ1n) is 7.44. The fourth-order valence-electron chi connectivity index (χ4n) is 2.61. The molecule has 3 atom stereocenters. The average molecular weight is 381 g/mol. The van der Waals surface area contributed by atoms with Gasteiger partial charge in [0, 0.05) is 6.61 Å². The standard InChI is InChI=1S/C15H18F3NO5S/c1-9-12(7-8-24-9)25(21,22)19-13(14(20)23-2)10-3-5-11(6-4-10)15(16,17)18/h3-6,9,12-13,19H,7-8H2,1-2H3. The van der Waals surface area contributed by atoms with Gasteiger partial charge in [-0.25, -0.2) is 13.2 Å². The number of rotatable bonds is 5. The fraction of sp³-hybridized carbons (Fsp3) is 0.533. The Bertz CT molecular complexity index is 718. The summed E-state index contributed by atoms with van der Waals surface area (Å²) < 4.78 is 75.0. The molecule has 0 bridgehead atoms. The van der Waals surface area contributed by atoms with Crippen molar-refractivity contribution in [2.24, 2.45) is 0 Å². The van der Waals surface area contributed by atoms with Gasteiger partial charge in [-0.1, -0.05) is 12.1 Å². The van der Waals surface area contributed by atoms with Crippen molar-refractivity contribution < 1.29 is 35.9 Å². The molecule has 0 saturated carbocycles. The minimum absolute atomic E-state index is 0.0509. The SMILES string of the molecule is COC(=O)C(NS(=O)(=O)C1CCOC1C)c1ccc(C(F)(F)F)cc1. The maximum Gasteiger partial charge on any atom is 0.416 e. The fourth-order valence-corrected chi connectivity index (χ4v) is 4.33. The Hall–Kier alpha value is -1.65. The van der Waals surface area contributed by atoms with E-state index in [1.165, 1.54) is 0 Å². The lowest BCUT2D eigenvalue weighted by atomic mass is 10.1. The number of hydrogen-bond acceptors (Lipinski definition) is 5. The number of nitrogens with one attached hydrogen (secondary N) is 1. The van der Waals surface area contributed by atoms with E-state index in [0.717, 1.165) is 31.4 Å². The highest BCUT2D eigenvalue weighted by Crippen LogP contribution is 2.30. The summed E-state index contributed by atoms with van der Waals surface area (Å²) in [4.78, 5) is 12.0. The molecule has 1 heterocycles. The van der Waals surface area contributed by atoms with Crippen LogP contribution in [0.5, 0.6) is 0 Å². The van der Waals surface area contributed by atoms with Crippen LogP contribution in [-0.4, -0.2) is 39.5 Å². The number of methoxy groups -OCH3 is 1. The van der Waals surface area contributed by atoms with Crippen LogP contribution in [0.3, 0.4) is 0 Å². The summed E-state index contributed by atoms with van der Waals surface area (Å²) in [6, 6.07) is 2.20. The maximum absolute atomic E-state index is 12.6. The molecule has 1 aromatic rings. The van der Waals surface area contributed by atoms with Gasteiger partial charge in [-0.3, -0.25) is 0 Å². The van der Waals surface area contributed by atoms with E-state index in [1.54, 1.807) is 6.92 Å². The number of ether oxygens (including phenoxy) is 2. The molecule has 25 heavy (non-hydrogen) atoms. The Balaban J connectivity index is 2.29. The molecule has 1 fully saturated rings. The number of halogens is 3. The van der Waals surface area contributed by atoms with Crippen LogP contribution in [0.1, 0.15) is 30.5 Å². The van der Waals surface area contributed by atoms with Gasteiger partial charge in [0.2, 0.25) is 10.0 Å². The number of benzene rings is 1. The lowest BCUT2D eigenvalue weighted by Crippen LogP contribution is -2.42. The highest BCUT2D eigenvalue weighted by Gasteiger charge is 2.39. The predicted octanol–water partition coefficient (Wildman–Crippen LogP) is 2.02. The van der Waals surface area contributed by atoms with Crippen molar-refractivity contribution in [2.45, 2.75) is 36.9 Å². The summed E-state index contributed by atoms with van der Waals surface area (Å²) in [5.41, 5.74) is -0.851. The van der Waals surface area contributed by atoms with Gasteiger partial charge in [-0.2, -0.15) is 17.9 Å². The monoisotopic (exact) mass is 381 g/mol. The Labute approximate surface area is 143 Å². The molecule has 0 amide bonds. The molecule has 1 saturated heterocycles. The molecule has 2 rings (SSSR count). The van der Waals surface area contributed by atoms with Crippen molar-refractivity contribution in [3.05, 3.63) is 35.4 Å². The molecule has 0 spiro atoms. The topological polar surface area (TPSA) is 81.7 Å². The third kappa shape index (κ3) is 4.50. The van der Waals surface area contributed by atoms with E-state index in [9.17, 15) is 26.4 Å². The Morgan fingerprint density at radius 2 is 1.92 bits per heavy atom. The van der Waals surface area contributed by atoms with Gasteiger partial charge in [0.1, 0.15) is 11.3 Å². The Morgan fingerprint density at radius 3 is 2.36 bits per heavy atom. The zero-order valence-corrected chi connectivity index (χ0v) is 14.4. The minimum Gasteiger partial charge on any atom is -0.468 e. The van der Waals surface area contributed by atoms with Gasteiger partial charge >= 0.3 is 12.1 Å². The maximum atomic E-state index is 12.6. The quantitative estimate of drug-likeness (QED) is 0.789. The van der Waals surface area contributed by atoms with Gasteiger partial charge < -0.3 is 9.47 Å². The van der Waals surface area contributed by atoms with Crippen molar-refractivity contribution in [2.75, 3.05) is 13.7 Å². The summed E-state index contributed by atoms with van der Waals surface area (Å²) in [7, 11) is -2.88. The van der Waals surface area contributed by atoms with Gasteiger partial charge in [-0.15, -0.1) is 0 Å². The molecule has 0 aromatic heterocycles. The van der Waals surface area contributed by atoms with Crippen LogP contribution < -0.4 is 4.72 Å². The van der Waals surface area contributed by atoms with E-state index in [-0.39, 0.29) is 18.6 Å². The molecule has 6 nitrogen and oxygen atoms in total. The van der Waals surface area contributed by atoms with Gasteiger partial charge in [0.25, 0.3) is 0 Å². The summed E-state index contributed by atoms with van der Waals surface area (Å²) in [5.74, 6) is -0.921. The van der Waals surface area contributed by atoms with Gasteiger partial charge in [0.05, 0.1) is 18.8 Å². The molecule has 3 unspecified atom stereocenters. The highest BCUT2D eigenvalue weighted by molar-refractivity contribution is 7.90. The summed E-state index contributed by atoms with van der Waals surface area (Å²) in [5, 5.41) is -0.853. The number of alkyl halides is 3. The van der Waals surface area contributed by atoms with Gasteiger partial charge in [-0.05, 0) is 31.0 Å². The summed E-state index contributed by atoms with van der Waals surface area (Å²) in [6.45, 7) is 1.87. The van der Waals surface area contributed by atoms with Gasteiger partial charge in [0.15, 0.2) is 0 Å². The largest absolute Gasteiger partial charge is 0.468 e. The molecular weight excluding hydrogens is 363 g/mol. The number of sulfonamides is 1. The third-order valence-corrected chi connectivity index (χ3v) is 5.98. The van der Waals surface area contributed by atoms with Crippen molar-refractivity contribution >= 4 is 16.0 Å². The second-order valence-electron chi connectivity index (χ2n) is 5.64. The van der Waals surface area contributed by atoms with Crippen LogP contribution in [-0.2, 0) is 30.5 Å². The first-order chi connectivity index (χ1) is 11.6. The first-order valence-corrected chi connectivity index (χ1v) is 8.98. The van der Waals surface area contributed by atoms with Crippen LogP contribution in [0, 0.1) is 0 Å². The van der Waals surface area contributed by atoms with E-state index >= 15 is 0 Å². The molecule has 10 heteroatoms. The normalized spacial score (nSPS) is 22.6. The lowest BCUT2D eigenvalue weighted by Gasteiger charge is -2.21. The third-order valence-electron chi connectivity index (χ3n) is 4.00. The molecule has 140 valence electrons. The predicted molar refractivity (Wildman–Crippen MR) is 82.1 cm³/mol. The van der Waals surface area contributed by atoms with Crippen molar-refractivity contribution in [1.29, 1.82) is 0 Å². The van der Waals surface area contributed by atoms with Crippen molar-refractivity contribution in [1.82, 2.24) is 4.72 Å². The molecule has 1 aliphatic heterocycles. The number of carbonyl (C=O) groups excluding carboxylic acids is 1. The first kappa shape index (κ1) is 19.7. The zero-order valence-electron chi connectivity index (χ0n) is 13.5. The molecule has 1 aromatic carbocycles. The van der Waals surface area contributed by atoms with Crippen LogP contribution in [0.4, 0.5) is 13.2 Å². The number of esters is 1. The summed E-state index contributed by atoms with van der Waals surface area (Å²) in [6.07, 6.45) is -4.82. The van der Waals surface area contributed by atoms with E-state index in [0.29, 0.717) is 0 Å². The second-order valence-corrected chi connectivity index (χ2v) is 7.57. The van der Waals surface area contributed by atoms with Crippen molar-refractivity contribution in [3.8, 4) is 0 Å². The highest BCUT2D eigenvalue weighted by atomic mass is 32.2. The minimum atomic E-state index is -4.53. The van der Waals surface area contributed by atoms with E-state index in [4.69, 9.17) is 4.74 Å². The zero-order chi connectivity index (χ0) is 18.8. The molecule has 1 N–H and O–H groups in total. The van der Waals surface area contributed by atoms with Crippen LogP contribution in [0.25, 0.3) is 0 Å². The van der Waals surface area contributed by atoms with Crippen molar-refractivity contribution in [3.63, 3.8) is 0 Å². The average Bonchev–Trinajstić information content (AvgIpc) is 2.98. The smallest absolute Gasteiger partial charge is 0.416 e. The lowest BCUT2D eigenvalue weighted by molar-refractivity contribution is -0.142. The number of carbonyl (C=O) groups is 1. The number of hydrogen-bond donors (Lipinski definition) is 1. The van der Waals surface area contributed by atoms with E-state index in [2.05, 4.69) is 9.46 Å². The summed E-state index contributed by atoms with van der Waals surface area (Å²) >= 11 is 0. The second kappa shape index (κ2) is 7.30. The molecule has 0 radical (unpaired) electrons. The Morgan fingerprint density at radius 1 is 1.32 bits per heavy atom. The Kier molecular flexibility index (Phi) is 5.75. The van der Waals surface area contributed by atoms with Crippen LogP contribution in [0.15, 0.2) is 24.3 Å². The molecular formula is C15H18F3NO5S. The van der Waals surface area contributed by atoms with E-state index < -0.39 is 45.1 Å². The molecule has 0 aliphatic carbocycles. The van der Waals surface area contributed by atoms with E-state index in [1.807, 2.05) is 0 Å². The van der Waals surface area contributed by atoms with Crippen LogP contribution in [0.2, 0.25) is 0 Å². The van der Waals surface area contributed by atoms with Crippen LogP contribution >= 0.6 is 0 Å². The molecule has 1 aliphatic rings.